The van der Waals surface area contributed by atoms with Crippen LogP contribution in [0, 0.1) is 5.41 Å². The highest BCUT2D eigenvalue weighted by Gasteiger charge is 2.36. The first-order chi connectivity index (χ1) is 9.11. The predicted octanol–water partition coefficient (Wildman–Crippen LogP) is 0.957. The maximum absolute atomic E-state index is 12.3. The minimum atomic E-state index is -1.05. The molecule has 1 unspecified atom stereocenters. The van der Waals surface area contributed by atoms with Crippen LogP contribution in [-0.2, 0) is 14.4 Å². The van der Waals surface area contributed by atoms with Gasteiger partial charge in [-0.1, -0.05) is 20.8 Å². The molecule has 0 aromatic rings. The number of rotatable bonds is 4. The van der Waals surface area contributed by atoms with Gasteiger partial charge in [0.1, 0.15) is 12.6 Å². The van der Waals surface area contributed by atoms with E-state index in [1.807, 2.05) is 20.8 Å². The van der Waals surface area contributed by atoms with Crippen LogP contribution in [0.25, 0.3) is 0 Å². The first-order valence-electron chi connectivity index (χ1n) is 6.88. The van der Waals surface area contributed by atoms with Crippen molar-refractivity contribution in [3.05, 3.63) is 0 Å². The summed E-state index contributed by atoms with van der Waals surface area (Å²) in [6.07, 6.45) is 1.78. The third-order valence-electron chi connectivity index (χ3n) is 3.29. The van der Waals surface area contributed by atoms with Gasteiger partial charge in [0.15, 0.2) is 0 Å². The van der Waals surface area contributed by atoms with Gasteiger partial charge in [-0.15, -0.1) is 0 Å². The Kier molecular flexibility index (Phi) is 5.14. The largest absolute Gasteiger partial charge is 0.480 e. The Labute approximate surface area is 119 Å². The lowest BCUT2D eigenvalue weighted by atomic mass is 9.91. The maximum atomic E-state index is 12.3. The van der Waals surface area contributed by atoms with E-state index >= 15 is 0 Å². The summed E-state index contributed by atoms with van der Waals surface area (Å²) in [5.41, 5.74) is -0.125. The highest BCUT2D eigenvalue weighted by atomic mass is 16.4. The normalized spacial score (nSPS) is 19.0. The number of nitrogens with zero attached hydrogens (tertiary/aromatic N) is 2. The van der Waals surface area contributed by atoms with E-state index in [0.717, 1.165) is 6.42 Å². The minimum Gasteiger partial charge on any atom is -0.480 e. The van der Waals surface area contributed by atoms with Crippen LogP contribution in [0.5, 0.6) is 0 Å². The van der Waals surface area contributed by atoms with Crippen molar-refractivity contribution in [1.29, 1.82) is 0 Å². The minimum absolute atomic E-state index is 0.0305. The molecular weight excluding hydrogens is 260 g/mol. The van der Waals surface area contributed by atoms with Crippen LogP contribution >= 0.6 is 0 Å². The van der Waals surface area contributed by atoms with Gasteiger partial charge in [0, 0.05) is 20.0 Å². The lowest BCUT2D eigenvalue weighted by Gasteiger charge is -2.29. The summed E-state index contributed by atoms with van der Waals surface area (Å²) in [7, 11) is 1.46. The molecule has 20 heavy (non-hydrogen) atoms. The fourth-order valence-corrected chi connectivity index (χ4v) is 2.41. The highest BCUT2D eigenvalue weighted by Crippen LogP contribution is 2.25. The third kappa shape index (κ3) is 4.51. The SMILES string of the molecule is CN(CC(=O)O)C(=O)C1CCCN1C(=O)CC(C)(C)C. The monoisotopic (exact) mass is 284 g/mol. The van der Waals surface area contributed by atoms with Crippen LogP contribution in [0.15, 0.2) is 0 Å². The highest BCUT2D eigenvalue weighted by molar-refractivity contribution is 5.90. The fraction of sp³-hybridized carbons (Fsp3) is 0.786. The third-order valence-corrected chi connectivity index (χ3v) is 3.29. The molecule has 1 fully saturated rings. The molecular formula is C14H24N2O4. The van der Waals surface area contributed by atoms with Crippen molar-refractivity contribution in [3.8, 4) is 0 Å². The number of carbonyl (C=O) groups excluding carboxylic acids is 2. The summed E-state index contributed by atoms with van der Waals surface area (Å²) in [6.45, 7) is 6.18. The first kappa shape index (κ1) is 16.5. The van der Waals surface area contributed by atoms with Gasteiger partial charge in [-0.2, -0.15) is 0 Å². The number of likely N-dealkylation sites (N-methyl/N-ethyl adjacent to an activating group) is 1. The Morgan fingerprint density at radius 2 is 1.90 bits per heavy atom. The van der Waals surface area contributed by atoms with Gasteiger partial charge >= 0.3 is 5.97 Å². The van der Waals surface area contributed by atoms with Crippen LogP contribution in [0.2, 0.25) is 0 Å². The summed E-state index contributed by atoms with van der Waals surface area (Å²) in [6, 6.07) is -0.505. The molecule has 0 saturated carbocycles. The van der Waals surface area contributed by atoms with E-state index < -0.39 is 12.0 Å². The van der Waals surface area contributed by atoms with Crippen LogP contribution in [-0.4, -0.2) is 58.9 Å². The number of hydrogen-bond donors (Lipinski definition) is 1. The summed E-state index contributed by atoms with van der Waals surface area (Å²) in [4.78, 5) is 37.9. The van der Waals surface area contributed by atoms with E-state index in [2.05, 4.69) is 0 Å². The molecule has 6 heteroatoms. The molecule has 0 radical (unpaired) electrons. The van der Waals surface area contributed by atoms with E-state index in [0.29, 0.717) is 19.4 Å². The van der Waals surface area contributed by atoms with Crippen molar-refractivity contribution in [2.75, 3.05) is 20.1 Å². The van der Waals surface area contributed by atoms with E-state index in [9.17, 15) is 14.4 Å². The standard InChI is InChI=1S/C14H24N2O4/c1-14(2,3)8-11(17)16-7-5-6-10(16)13(20)15(4)9-12(18)19/h10H,5-9H2,1-4H3,(H,18,19). The van der Waals surface area contributed by atoms with Gasteiger partial charge < -0.3 is 14.9 Å². The average molecular weight is 284 g/mol. The maximum Gasteiger partial charge on any atom is 0.323 e. The van der Waals surface area contributed by atoms with Crippen molar-refractivity contribution in [1.82, 2.24) is 9.80 Å². The summed E-state index contributed by atoms with van der Waals surface area (Å²) < 4.78 is 0. The molecule has 1 N–H and O–H groups in total. The zero-order chi connectivity index (χ0) is 15.5. The van der Waals surface area contributed by atoms with Crippen LogP contribution < -0.4 is 0 Å². The van der Waals surface area contributed by atoms with Gasteiger partial charge in [0.05, 0.1) is 0 Å². The quantitative estimate of drug-likeness (QED) is 0.834. The van der Waals surface area contributed by atoms with Gasteiger partial charge in [0.25, 0.3) is 0 Å². The number of likely N-dealkylation sites (tertiary alicyclic amines) is 1. The first-order valence-corrected chi connectivity index (χ1v) is 6.88. The molecule has 0 aliphatic carbocycles. The molecule has 1 atom stereocenters. The second kappa shape index (κ2) is 6.24. The number of carboxylic acid groups (broad SMARTS) is 1. The van der Waals surface area contributed by atoms with Crippen LogP contribution in [0.4, 0.5) is 0 Å². The van der Waals surface area contributed by atoms with Crippen LogP contribution in [0.3, 0.4) is 0 Å². The number of aliphatic carboxylic acids is 1. The van der Waals surface area contributed by atoms with E-state index in [1.54, 1.807) is 4.90 Å². The number of carbonyl (C=O) groups is 3. The smallest absolute Gasteiger partial charge is 0.323 e. The lowest BCUT2D eigenvalue weighted by molar-refractivity contribution is -0.148. The van der Waals surface area contributed by atoms with E-state index in [4.69, 9.17) is 5.11 Å². The zero-order valence-corrected chi connectivity index (χ0v) is 12.7. The summed E-state index contributed by atoms with van der Waals surface area (Å²) in [5.74, 6) is -1.37. The van der Waals surface area contributed by atoms with Gasteiger partial charge in [-0.05, 0) is 18.3 Å². The molecule has 1 rings (SSSR count). The zero-order valence-electron chi connectivity index (χ0n) is 12.7. The molecule has 0 aromatic heterocycles. The number of amides is 2. The lowest BCUT2D eigenvalue weighted by Crippen LogP contribution is -2.48. The Balaban J connectivity index is 2.71. The van der Waals surface area contributed by atoms with Crippen molar-refractivity contribution in [2.24, 2.45) is 5.41 Å². The number of hydrogen-bond acceptors (Lipinski definition) is 3. The second-order valence-electron chi connectivity index (χ2n) is 6.57. The second-order valence-corrected chi connectivity index (χ2v) is 6.57. The molecule has 114 valence electrons. The molecule has 1 heterocycles. The Morgan fingerprint density at radius 3 is 2.40 bits per heavy atom. The van der Waals surface area contributed by atoms with Gasteiger partial charge in [0.2, 0.25) is 11.8 Å². The molecule has 2 amide bonds. The summed E-state index contributed by atoms with van der Waals surface area (Å²) >= 11 is 0. The molecule has 1 aliphatic rings. The molecule has 0 bridgehead atoms. The van der Waals surface area contributed by atoms with Crippen LogP contribution in [0.1, 0.15) is 40.0 Å². The average Bonchev–Trinajstić information content (AvgIpc) is 2.73. The molecule has 0 aromatic carbocycles. The fourth-order valence-electron chi connectivity index (χ4n) is 2.41. The Hall–Kier alpha value is -1.59. The molecule has 0 spiro atoms. The Bertz CT molecular complexity index is 400. The van der Waals surface area contributed by atoms with Crippen molar-refractivity contribution in [3.63, 3.8) is 0 Å². The molecule has 1 aliphatic heterocycles. The topological polar surface area (TPSA) is 77.9 Å². The van der Waals surface area contributed by atoms with Crippen molar-refractivity contribution in [2.45, 2.75) is 46.1 Å². The van der Waals surface area contributed by atoms with Gasteiger partial charge in [-0.3, -0.25) is 14.4 Å². The van der Waals surface area contributed by atoms with Gasteiger partial charge in [-0.25, -0.2) is 0 Å². The summed E-state index contributed by atoms with van der Waals surface area (Å²) in [5, 5.41) is 8.73. The van der Waals surface area contributed by atoms with Crippen molar-refractivity contribution >= 4 is 17.8 Å². The van der Waals surface area contributed by atoms with E-state index in [-0.39, 0.29) is 23.8 Å². The van der Waals surface area contributed by atoms with E-state index in [1.165, 1.54) is 11.9 Å². The Morgan fingerprint density at radius 1 is 1.30 bits per heavy atom. The predicted molar refractivity (Wildman–Crippen MR) is 74.1 cm³/mol. The molecule has 1 saturated heterocycles. The number of carboxylic acids is 1. The van der Waals surface area contributed by atoms with Crippen molar-refractivity contribution < 1.29 is 19.5 Å². The molecule has 6 nitrogen and oxygen atoms in total.